The van der Waals surface area contributed by atoms with Gasteiger partial charge in [-0.05, 0) is 121 Å². The molecule has 2 aromatic rings. The van der Waals surface area contributed by atoms with Crippen molar-refractivity contribution in [3.63, 3.8) is 0 Å². The zero-order valence-corrected chi connectivity index (χ0v) is 27.8. The highest BCUT2D eigenvalue weighted by Crippen LogP contribution is 2.28. The van der Waals surface area contributed by atoms with Crippen molar-refractivity contribution in [2.45, 2.75) is 86.4 Å². The van der Waals surface area contributed by atoms with Crippen molar-refractivity contribution < 1.29 is 28.2 Å². The molecular weight excluding hydrogens is 575 g/mol. The van der Waals surface area contributed by atoms with Gasteiger partial charge in [-0.15, -0.1) is 4.99 Å². The molecule has 0 atom stereocenters. The third-order valence-corrected chi connectivity index (χ3v) is 6.85. The molecule has 1 heterocycles. The number of nitrogens with one attached hydrogen (secondary N) is 2. The Labute approximate surface area is 265 Å². The molecule has 242 valence electrons. The molecule has 0 spiro atoms. The van der Waals surface area contributed by atoms with E-state index in [1.54, 1.807) is 70.7 Å². The molecule has 3 rings (SSSR count). The number of halogens is 1. The molecule has 2 aromatic carbocycles. The van der Waals surface area contributed by atoms with Gasteiger partial charge in [-0.1, -0.05) is 25.1 Å². The number of ether oxygens (including phenoxy) is 2. The second kappa shape index (κ2) is 14.5. The van der Waals surface area contributed by atoms with Crippen LogP contribution in [0.4, 0.5) is 19.7 Å². The van der Waals surface area contributed by atoms with Gasteiger partial charge in [0.05, 0.1) is 0 Å². The third kappa shape index (κ3) is 10.3. The first-order valence-corrected chi connectivity index (χ1v) is 15.1. The van der Waals surface area contributed by atoms with E-state index in [0.29, 0.717) is 42.7 Å². The van der Waals surface area contributed by atoms with Crippen LogP contribution >= 0.6 is 0 Å². The molecule has 3 amide bonds. The lowest BCUT2D eigenvalue weighted by molar-refractivity contribution is 0.0554. The van der Waals surface area contributed by atoms with E-state index in [-0.39, 0.29) is 17.7 Å². The van der Waals surface area contributed by atoms with E-state index in [1.165, 1.54) is 6.07 Å². The van der Waals surface area contributed by atoms with E-state index in [4.69, 9.17) is 9.47 Å². The highest BCUT2D eigenvalue weighted by molar-refractivity contribution is 6.04. The average molecular weight is 621 g/mol. The summed E-state index contributed by atoms with van der Waals surface area (Å²) in [6.07, 6.45) is 3.63. The molecule has 45 heavy (non-hydrogen) atoms. The number of nitrogens with zero attached hydrogens (tertiary/aromatic N) is 2. The number of carbonyl (C=O) groups excluding carboxylic acids is 3. The molecular formula is C35H45FN4O5. The molecule has 0 unspecified atom stereocenters. The van der Waals surface area contributed by atoms with Crippen LogP contribution in [0.2, 0.25) is 0 Å². The second-order valence-electron chi connectivity index (χ2n) is 12.8. The number of hydrogen-bond donors (Lipinski definition) is 2. The number of benzene rings is 2. The standard InChI is InChI=1S/C35H45FN4O5/c1-10-23(11-2)28-15-13-26(21-29(28)36)37-30(41)25-12-14-27(22(3)20-25)24-16-18-40(19-17-24)31(38-32(42)44-34(4,5)6)39-33(43)45-35(7,8)9/h10,12-16,20-21H,11,17-19H2,1-9H3,(H,37,41)(H,38,39,42,43)/b23-10+. The van der Waals surface area contributed by atoms with Crippen molar-refractivity contribution >= 4 is 40.9 Å². The Hall–Kier alpha value is -4.47. The molecule has 2 N–H and O–H groups in total. The zero-order chi connectivity index (χ0) is 33.5. The van der Waals surface area contributed by atoms with Crippen LogP contribution in [0, 0.1) is 12.7 Å². The van der Waals surface area contributed by atoms with E-state index < -0.39 is 23.4 Å². The number of carbonyl (C=O) groups is 3. The summed E-state index contributed by atoms with van der Waals surface area (Å²) >= 11 is 0. The molecule has 0 saturated heterocycles. The molecule has 0 aromatic heterocycles. The van der Waals surface area contributed by atoms with Gasteiger partial charge in [0.1, 0.15) is 17.0 Å². The zero-order valence-electron chi connectivity index (χ0n) is 27.8. The quantitative estimate of drug-likeness (QED) is 0.258. The first-order chi connectivity index (χ1) is 21.0. The second-order valence-corrected chi connectivity index (χ2v) is 12.8. The Morgan fingerprint density at radius 3 is 2.24 bits per heavy atom. The van der Waals surface area contributed by atoms with Crippen molar-refractivity contribution in [3.05, 3.63) is 76.6 Å². The number of aliphatic imine (C=N–C) groups is 1. The predicted molar refractivity (Wildman–Crippen MR) is 177 cm³/mol. The Bertz CT molecular complexity index is 1530. The van der Waals surface area contributed by atoms with Crippen molar-refractivity contribution in [2.24, 2.45) is 4.99 Å². The molecule has 1 aliphatic heterocycles. The van der Waals surface area contributed by atoms with Gasteiger partial charge in [-0.3, -0.25) is 10.1 Å². The SMILES string of the molecule is C/C=C(\CC)c1ccc(NC(=O)c2ccc(C3=CCN(/C(=N\C(=O)OC(C)(C)C)NC(=O)OC(C)(C)C)CC3)c(C)c2)cc1F. The Balaban J connectivity index is 1.75. The van der Waals surface area contributed by atoms with E-state index in [1.807, 2.05) is 39.0 Å². The van der Waals surface area contributed by atoms with Crippen LogP contribution in [0.5, 0.6) is 0 Å². The van der Waals surface area contributed by atoms with Crippen molar-refractivity contribution in [1.82, 2.24) is 10.2 Å². The molecule has 1 aliphatic rings. The predicted octanol–water partition coefficient (Wildman–Crippen LogP) is 8.10. The topological polar surface area (TPSA) is 109 Å². The van der Waals surface area contributed by atoms with Gasteiger partial charge in [0, 0.05) is 29.9 Å². The number of hydrogen-bond acceptors (Lipinski definition) is 5. The Morgan fingerprint density at radius 2 is 1.71 bits per heavy atom. The van der Waals surface area contributed by atoms with Crippen LogP contribution in [0.1, 0.15) is 95.3 Å². The third-order valence-electron chi connectivity index (χ3n) is 6.85. The van der Waals surface area contributed by atoms with Gasteiger partial charge in [0.2, 0.25) is 5.96 Å². The van der Waals surface area contributed by atoms with E-state index in [9.17, 15) is 18.8 Å². The average Bonchev–Trinajstić information content (AvgIpc) is 2.92. The van der Waals surface area contributed by atoms with Crippen molar-refractivity contribution in [1.29, 1.82) is 0 Å². The van der Waals surface area contributed by atoms with E-state index >= 15 is 0 Å². The summed E-state index contributed by atoms with van der Waals surface area (Å²) in [6, 6.07) is 10.2. The minimum Gasteiger partial charge on any atom is -0.444 e. The van der Waals surface area contributed by atoms with Crippen LogP contribution in [0.3, 0.4) is 0 Å². The van der Waals surface area contributed by atoms with Gasteiger partial charge >= 0.3 is 12.2 Å². The van der Waals surface area contributed by atoms with Gasteiger partial charge in [0.25, 0.3) is 5.91 Å². The van der Waals surface area contributed by atoms with Crippen molar-refractivity contribution in [2.75, 3.05) is 18.4 Å². The molecule has 0 fully saturated rings. The highest BCUT2D eigenvalue weighted by Gasteiger charge is 2.25. The van der Waals surface area contributed by atoms with Crippen LogP contribution in [0.15, 0.2) is 53.5 Å². The van der Waals surface area contributed by atoms with Crippen LogP contribution < -0.4 is 10.6 Å². The normalized spacial score (nSPS) is 14.4. The summed E-state index contributed by atoms with van der Waals surface area (Å²) in [5.74, 6) is -0.676. The maximum atomic E-state index is 14.7. The Morgan fingerprint density at radius 1 is 1.02 bits per heavy atom. The lowest BCUT2D eigenvalue weighted by Gasteiger charge is -2.30. The fourth-order valence-corrected chi connectivity index (χ4v) is 4.82. The first kappa shape index (κ1) is 35.0. The summed E-state index contributed by atoms with van der Waals surface area (Å²) in [6.45, 7) is 17.0. The van der Waals surface area contributed by atoms with E-state index in [0.717, 1.165) is 22.3 Å². The maximum absolute atomic E-state index is 14.7. The molecule has 0 bridgehead atoms. The minimum atomic E-state index is -0.824. The number of anilines is 1. The summed E-state index contributed by atoms with van der Waals surface area (Å²) in [5.41, 5.74) is 3.72. The monoisotopic (exact) mass is 620 g/mol. The summed E-state index contributed by atoms with van der Waals surface area (Å²) in [5, 5.41) is 5.39. The highest BCUT2D eigenvalue weighted by atomic mass is 19.1. The van der Waals surface area contributed by atoms with Crippen LogP contribution in [0.25, 0.3) is 11.1 Å². The van der Waals surface area contributed by atoms with Gasteiger partial charge in [0.15, 0.2) is 0 Å². The lowest BCUT2D eigenvalue weighted by atomic mass is 9.94. The van der Waals surface area contributed by atoms with Gasteiger partial charge < -0.3 is 19.7 Å². The summed E-state index contributed by atoms with van der Waals surface area (Å²) in [4.78, 5) is 43.8. The summed E-state index contributed by atoms with van der Waals surface area (Å²) in [7, 11) is 0. The number of amides is 3. The molecule has 10 heteroatoms. The van der Waals surface area contributed by atoms with Crippen molar-refractivity contribution in [3.8, 4) is 0 Å². The van der Waals surface area contributed by atoms with Crippen LogP contribution in [-0.4, -0.2) is 53.2 Å². The fourth-order valence-electron chi connectivity index (χ4n) is 4.82. The first-order valence-electron chi connectivity index (χ1n) is 15.1. The largest absolute Gasteiger partial charge is 0.444 e. The molecule has 0 aliphatic carbocycles. The molecule has 0 saturated carbocycles. The molecule has 0 radical (unpaired) electrons. The number of guanidine groups is 1. The molecule has 9 nitrogen and oxygen atoms in total. The number of aryl methyl sites for hydroxylation is 1. The Kier molecular flexibility index (Phi) is 11.3. The summed E-state index contributed by atoms with van der Waals surface area (Å²) < 4.78 is 25.4. The number of alkyl carbamates (subject to hydrolysis) is 1. The van der Waals surface area contributed by atoms with Crippen LogP contribution in [-0.2, 0) is 9.47 Å². The number of rotatable bonds is 5. The van der Waals surface area contributed by atoms with Gasteiger partial charge in [-0.2, -0.15) is 0 Å². The lowest BCUT2D eigenvalue weighted by Crippen LogP contribution is -2.48. The maximum Gasteiger partial charge on any atom is 0.437 e. The van der Waals surface area contributed by atoms with E-state index in [2.05, 4.69) is 15.6 Å². The fraction of sp³-hybridized carbons (Fsp3) is 0.429. The number of allylic oxidation sites excluding steroid dienone is 2. The smallest absolute Gasteiger partial charge is 0.437 e. The van der Waals surface area contributed by atoms with Gasteiger partial charge in [-0.25, -0.2) is 14.0 Å². The minimum absolute atomic E-state index is 0.0404.